The summed E-state index contributed by atoms with van der Waals surface area (Å²) in [7, 11) is 0. The second kappa shape index (κ2) is 7.06. The zero-order valence-electron chi connectivity index (χ0n) is 14.6. The lowest BCUT2D eigenvalue weighted by Gasteiger charge is -2.39. The fraction of sp³-hybridized carbons (Fsp3) is 0.238. The number of fused-ring (bicyclic) bond motifs is 1. The van der Waals surface area contributed by atoms with E-state index in [0.717, 1.165) is 23.1 Å². The van der Waals surface area contributed by atoms with Crippen molar-refractivity contribution < 1.29 is 4.79 Å². The van der Waals surface area contributed by atoms with Gasteiger partial charge in [-0.3, -0.25) is 14.7 Å². The summed E-state index contributed by atoms with van der Waals surface area (Å²) in [5.41, 5.74) is 3.05. The van der Waals surface area contributed by atoms with Crippen LogP contribution in [0.15, 0.2) is 60.8 Å². The number of amides is 1. The lowest BCUT2D eigenvalue weighted by atomic mass is 10.1. The first-order chi connectivity index (χ1) is 12.6. The van der Waals surface area contributed by atoms with Gasteiger partial charge in [-0.05, 0) is 42.8 Å². The Morgan fingerprint density at radius 1 is 1.15 bits per heavy atom. The second-order valence-corrected chi connectivity index (χ2v) is 7.16. The van der Waals surface area contributed by atoms with E-state index in [1.165, 1.54) is 5.56 Å². The van der Waals surface area contributed by atoms with Crippen molar-refractivity contribution >= 4 is 34.1 Å². The van der Waals surface area contributed by atoms with Gasteiger partial charge in [0.2, 0.25) is 5.91 Å². The molecule has 132 valence electrons. The van der Waals surface area contributed by atoms with E-state index in [1.54, 1.807) is 0 Å². The number of hydrogen-bond acceptors (Lipinski definition) is 3. The summed E-state index contributed by atoms with van der Waals surface area (Å²) < 4.78 is 0. The molecule has 1 aliphatic heterocycles. The van der Waals surface area contributed by atoms with E-state index in [9.17, 15) is 4.79 Å². The molecule has 1 aliphatic rings. The SMILES string of the molecule is C[C@@H]1CN(c2cccc(Cl)c2)C(=O)CN1Cc1cccc2ncccc12. The maximum atomic E-state index is 12.7. The van der Waals surface area contributed by atoms with Gasteiger partial charge < -0.3 is 4.90 Å². The van der Waals surface area contributed by atoms with Gasteiger partial charge in [-0.25, -0.2) is 0 Å². The number of benzene rings is 2. The van der Waals surface area contributed by atoms with E-state index < -0.39 is 0 Å². The van der Waals surface area contributed by atoms with Gasteiger partial charge in [0, 0.05) is 41.4 Å². The van der Waals surface area contributed by atoms with Crippen molar-refractivity contribution in [2.45, 2.75) is 19.5 Å². The Balaban J connectivity index is 1.55. The molecular formula is C21H20ClN3O. The summed E-state index contributed by atoms with van der Waals surface area (Å²) in [6.45, 7) is 3.94. The highest BCUT2D eigenvalue weighted by Crippen LogP contribution is 2.25. The van der Waals surface area contributed by atoms with Crippen LogP contribution in [0.4, 0.5) is 5.69 Å². The fourth-order valence-corrected chi connectivity index (χ4v) is 3.71. The lowest BCUT2D eigenvalue weighted by molar-refractivity contribution is -0.122. The van der Waals surface area contributed by atoms with Gasteiger partial charge in [0.15, 0.2) is 0 Å². The molecule has 4 rings (SSSR count). The predicted octanol–water partition coefficient (Wildman–Crippen LogP) is 4.13. The molecule has 0 radical (unpaired) electrons. The number of aromatic nitrogens is 1. The van der Waals surface area contributed by atoms with E-state index >= 15 is 0 Å². The van der Waals surface area contributed by atoms with Crippen molar-refractivity contribution in [3.63, 3.8) is 0 Å². The minimum Gasteiger partial charge on any atom is -0.310 e. The summed E-state index contributed by atoms with van der Waals surface area (Å²) in [4.78, 5) is 21.2. The summed E-state index contributed by atoms with van der Waals surface area (Å²) in [6.07, 6.45) is 1.81. The van der Waals surface area contributed by atoms with Gasteiger partial charge in [-0.1, -0.05) is 35.9 Å². The average molecular weight is 366 g/mol. The number of hydrogen-bond donors (Lipinski definition) is 0. The molecule has 0 bridgehead atoms. The van der Waals surface area contributed by atoms with Crippen molar-refractivity contribution in [2.75, 3.05) is 18.0 Å². The molecule has 2 aromatic carbocycles. The Morgan fingerprint density at radius 2 is 2.00 bits per heavy atom. The zero-order valence-corrected chi connectivity index (χ0v) is 15.4. The number of carbonyl (C=O) groups is 1. The lowest BCUT2D eigenvalue weighted by Crippen LogP contribution is -2.54. The first-order valence-corrected chi connectivity index (χ1v) is 9.12. The normalized spacial score (nSPS) is 18.5. The van der Waals surface area contributed by atoms with Crippen LogP contribution in [0.1, 0.15) is 12.5 Å². The minimum absolute atomic E-state index is 0.101. The summed E-state index contributed by atoms with van der Waals surface area (Å²) in [5, 5.41) is 1.79. The monoisotopic (exact) mass is 365 g/mol. The number of halogens is 1. The smallest absolute Gasteiger partial charge is 0.241 e. The number of rotatable bonds is 3. The third kappa shape index (κ3) is 3.30. The van der Waals surface area contributed by atoms with Gasteiger partial charge in [-0.15, -0.1) is 0 Å². The molecular weight excluding hydrogens is 346 g/mol. The third-order valence-electron chi connectivity index (χ3n) is 4.94. The van der Waals surface area contributed by atoms with Crippen LogP contribution in [0.25, 0.3) is 10.9 Å². The maximum absolute atomic E-state index is 12.7. The molecule has 1 amide bonds. The second-order valence-electron chi connectivity index (χ2n) is 6.73. The molecule has 2 heterocycles. The largest absolute Gasteiger partial charge is 0.310 e. The first kappa shape index (κ1) is 17.0. The van der Waals surface area contributed by atoms with Gasteiger partial charge in [0.05, 0.1) is 12.1 Å². The van der Waals surface area contributed by atoms with Crippen LogP contribution in [0.5, 0.6) is 0 Å². The molecule has 3 aromatic rings. The van der Waals surface area contributed by atoms with Gasteiger partial charge in [0.25, 0.3) is 0 Å². The topological polar surface area (TPSA) is 36.4 Å². The third-order valence-corrected chi connectivity index (χ3v) is 5.17. The molecule has 5 heteroatoms. The van der Waals surface area contributed by atoms with E-state index in [1.807, 2.05) is 53.6 Å². The summed E-state index contributed by atoms with van der Waals surface area (Å²) >= 11 is 6.09. The van der Waals surface area contributed by atoms with Crippen LogP contribution in [0.3, 0.4) is 0 Å². The Labute approximate surface area is 158 Å². The number of nitrogens with zero attached hydrogens (tertiary/aromatic N) is 3. The average Bonchev–Trinajstić information content (AvgIpc) is 2.65. The number of piperazine rings is 1. The fourth-order valence-electron chi connectivity index (χ4n) is 3.53. The molecule has 0 saturated carbocycles. The number of pyridine rings is 1. The molecule has 4 nitrogen and oxygen atoms in total. The van der Waals surface area contributed by atoms with E-state index in [0.29, 0.717) is 18.1 Å². The number of anilines is 1. The van der Waals surface area contributed by atoms with E-state index in [2.05, 4.69) is 28.9 Å². The molecule has 1 atom stereocenters. The predicted molar refractivity (Wildman–Crippen MR) is 105 cm³/mol. The van der Waals surface area contributed by atoms with Crippen molar-refractivity contribution in [2.24, 2.45) is 0 Å². The molecule has 0 spiro atoms. The number of carbonyl (C=O) groups excluding carboxylic acids is 1. The minimum atomic E-state index is 0.101. The van der Waals surface area contributed by atoms with Crippen molar-refractivity contribution in [3.8, 4) is 0 Å². The van der Waals surface area contributed by atoms with Gasteiger partial charge in [-0.2, -0.15) is 0 Å². The van der Waals surface area contributed by atoms with Crippen LogP contribution >= 0.6 is 11.6 Å². The maximum Gasteiger partial charge on any atom is 0.241 e. The summed E-state index contributed by atoms with van der Waals surface area (Å²) in [6, 6.07) is 17.9. The first-order valence-electron chi connectivity index (χ1n) is 8.74. The van der Waals surface area contributed by atoms with Crippen molar-refractivity contribution in [3.05, 3.63) is 71.4 Å². The van der Waals surface area contributed by atoms with Gasteiger partial charge in [0.1, 0.15) is 0 Å². The molecule has 1 fully saturated rings. The van der Waals surface area contributed by atoms with E-state index in [4.69, 9.17) is 11.6 Å². The Morgan fingerprint density at radius 3 is 2.85 bits per heavy atom. The summed E-state index contributed by atoms with van der Waals surface area (Å²) in [5.74, 6) is 0.101. The Hall–Kier alpha value is -2.43. The van der Waals surface area contributed by atoms with Gasteiger partial charge >= 0.3 is 0 Å². The van der Waals surface area contributed by atoms with Crippen LogP contribution in [-0.4, -0.2) is 34.9 Å². The molecule has 0 unspecified atom stereocenters. The molecule has 1 aromatic heterocycles. The van der Waals surface area contributed by atoms with Crippen LogP contribution in [-0.2, 0) is 11.3 Å². The highest BCUT2D eigenvalue weighted by Gasteiger charge is 2.30. The molecule has 0 N–H and O–H groups in total. The van der Waals surface area contributed by atoms with Crippen LogP contribution < -0.4 is 4.90 Å². The zero-order chi connectivity index (χ0) is 18.1. The van der Waals surface area contributed by atoms with Crippen molar-refractivity contribution in [1.29, 1.82) is 0 Å². The standard InChI is InChI=1S/C21H20ClN3O/c1-15-12-25(18-7-3-6-17(22)11-18)21(26)14-24(15)13-16-5-2-9-20-19(16)8-4-10-23-20/h2-11,15H,12-14H2,1H3/t15-/m1/s1. The highest BCUT2D eigenvalue weighted by atomic mass is 35.5. The van der Waals surface area contributed by atoms with Crippen LogP contribution in [0, 0.1) is 0 Å². The highest BCUT2D eigenvalue weighted by molar-refractivity contribution is 6.30. The molecule has 0 aliphatic carbocycles. The quantitative estimate of drug-likeness (QED) is 0.700. The van der Waals surface area contributed by atoms with E-state index in [-0.39, 0.29) is 11.9 Å². The molecule has 1 saturated heterocycles. The van der Waals surface area contributed by atoms with Crippen LogP contribution in [0.2, 0.25) is 5.02 Å². The molecule has 26 heavy (non-hydrogen) atoms. The Kier molecular flexibility index (Phi) is 4.62. The van der Waals surface area contributed by atoms with Crippen molar-refractivity contribution in [1.82, 2.24) is 9.88 Å². The Bertz CT molecular complexity index is 953.